The van der Waals surface area contributed by atoms with Gasteiger partial charge in [-0.2, -0.15) is 0 Å². The normalized spacial score (nSPS) is 11.5. The highest BCUT2D eigenvalue weighted by atomic mass is 32.2. The fourth-order valence-electron chi connectivity index (χ4n) is 2.95. The van der Waals surface area contributed by atoms with Gasteiger partial charge in [0.1, 0.15) is 22.9 Å². The molecule has 0 aliphatic rings. The van der Waals surface area contributed by atoms with Gasteiger partial charge in [0, 0.05) is 22.2 Å². The van der Waals surface area contributed by atoms with Gasteiger partial charge in [-0.1, -0.05) is 6.07 Å². The maximum absolute atomic E-state index is 13.7. The van der Waals surface area contributed by atoms with Gasteiger partial charge in [0.2, 0.25) is 5.89 Å². The molecule has 0 aliphatic heterocycles. The lowest BCUT2D eigenvalue weighted by molar-refractivity contribution is 0.0739. The van der Waals surface area contributed by atoms with E-state index in [1.54, 1.807) is 45.4 Å². The number of nitrogens with zero attached hydrogens (tertiary/aromatic N) is 2. The Morgan fingerprint density at radius 2 is 1.81 bits per heavy atom. The second-order valence-electron chi connectivity index (χ2n) is 7.43. The first kappa shape index (κ1) is 21.1. The van der Waals surface area contributed by atoms with Gasteiger partial charge >= 0.3 is 0 Å². The van der Waals surface area contributed by atoms with E-state index in [9.17, 15) is 9.50 Å². The number of aromatic nitrogens is 2. The molecule has 0 unspecified atom stereocenters. The van der Waals surface area contributed by atoms with E-state index in [2.05, 4.69) is 9.97 Å². The zero-order valence-corrected chi connectivity index (χ0v) is 18.1. The Morgan fingerprint density at radius 3 is 2.42 bits per heavy atom. The second kappa shape index (κ2) is 8.53. The molecule has 5 nitrogen and oxygen atoms in total. The molecular weight excluding hydrogens is 415 g/mol. The van der Waals surface area contributed by atoms with Gasteiger partial charge in [-0.05, 0) is 80.2 Å². The molecule has 0 saturated carbocycles. The number of aliphatic hydroxyl groups is 1. The number of oxazole rings is 1. The predicted octanol–water partition coefficient (Wildman–Crippen LogP) is 5.93. The van der Waals surface area contributed by atoms with E-state index in [0.29, 0.717) is 27.9 Å². The Kier molecular flexibility index (Phi) is 5.80. The zero-order valence-electron chi connectivity index (χ0n) is 17.3. The fourth-order valence-corrected chi connectivity index (χ4v) is 3.82. The summed E-state index contributed by atoms with van der Waals surface area (Å²) in [6.07, 6.45) is 1.65. The van der Waals surface area contributed by atoms with Crippen molar-refractivity contribution < 1.29 is 18.7 Å². The Balaban J connectivity index is 1.76. The molecule has 0 aliphatic carbocycles. The Bertz CT molecular complexity index is 1180. The van der Waals surface area contributed by atoms with Crippen LogP contribution in [0.3, 0.4) is 0 Å². The van der Waals surface area contributed by atoms with Crippen LogP contribution in [-0.2, 0) is 5.60 Å². The Hall–Kier alpha value is -3.16. The van der Waals surface area contributed by atoms with Crippen LogP contribution in [0.4, 0.5) is 4.39 Å². The monoisotopic (exact) mass is 436 g/mol. The minimum Gasteiger partial charge on any atom is -0.497 e. The maximum Gasteiger partial charge on any atom is 0.228 e. The quantitative estimate of drug-likeness (QED) is 0.404. The van der Waals surface area contributed by atoms with E-state index in [1.807, 2.05) is 30.3 Å². The third kappa shape index (κ3) is 4.78. The number of benzene rings is 2. The first-order valence-corrected chi connectivity index (χ1v) is 10.4. The Morgan fingerprint density at radius 1 is 1.03 bits per heavy atom. The fraction of sp³-hybridized carbons (Fsp3) is 0.167. The van der Waals surface area contributed by atoms with Gasteiger partial charge in [-0.15, -0.1) is 0 Å². The van der Waals surface area contributed by atoms with E-state index in [1.165, 1.54) is 23.9 Å². The number of hydrogen-bond donors (Lipinski definition) is 1. The van der Waals surface area contributed by atoms with E-state index >= 15 is 0 Å². The van der Waals surface area contributed by atoms with Gasteiger partial charge in [0.25, 0.3) is 0 Å². The van der Waals surface area contributed by atoms with E-state index in [0.717, 1.165) is 16.2 Å². The van der Waals surface area contributed by atoms with Crippen LogP contribution in [0.2, 0.25) is 0 Å². The van der Waals surface area contributed by atoms with Gasteiger partial charge in [0.15, 0.2) is 5.09 Å². The highest BCUT2D eigenvalue weighted by Gasteiger charge is 2.21. The summed E-state index contributed by atoms with van der Waals surface area (Å²) in [7, 11) is 1.62. The van der Waals surface area contributed by atoms with E-state index in [4.69, 9.17) is 9.15 Å². The smallest absolute Gasteiger partial charge is 0.228 e. The lowest BCUT2D eigenvalue weighted by Crippen LogP contribution is -2.17. The minimum atomic E-state index is -1.05. The van der Waals surface area contributed by atoms with Crippen LogP contribution in [0.15, 0.2) is 81.3 Å². The lowest BCUT2D eigenvalue weighted by Gasteiger charge is -2.16. The van der Waals surface area contributed by atoms with Crippen molar-refractivity contribution in [2.75, 3.05) is 7.11 Å². The molecule has 31 heavy (non-hydrogen) atoms. The summed E-state index contributed by atoms with van der Waals surface area (Å²) >= 11 is 1.40. The largest absolute Gasteiger partial charge is 0.497 e. The van der Waals surface area contributed by atoms with Crippen LogP contribution >= 0.6 is 11.8 Å². The average Bonchev–Trinajstić information content (AvgIpc) is 3.17. The van der Waals surface area contributed by atoms with Crippen LogP contribution < -0.4 is 4.74 Å². The molecule has 7 heteroatoms. The molecule has 1 N–H and O–H groups in total. The molecule has 0 bridgehead atoms. The first-order chi connectivity index (χ1) is 14.8. The van der Waals surface area contributed by atoms with Crippen molar-refractivity contribution in [2.45, 2.75) is 29.4 Å². The third-order valence-electron chi connectivity index (χ3n) is 4.60. The second-order valence-corrected chi connectivity index (χ2v) is 8.48. The molecule has 0 radical (unpaired) electrons. The summed E-state index contributed by atoms with van der Waals surface area (Å²) < 4.78 is 25.0. The van der Waals surface area contributed by atoms with E-state index in [-0.39, 0.29) is 5.82 Å². The van der Waals surface area contributed by atoms with Gasteiger partial charge in [0.05, 0.1) is 12.8 Å². The summed E-state index contributed by atoms with van der Waals surface area (Å²) in [6, 6.07) is 17.3. The van der Waals surface area contributed by atoms with Crippen molar-refractivity contribution in [3.63, 3.8) is 0 Å². The zero-order chi connectivity index (χ0) is 22.0. The molecule has 0 saturated heterocycles. The summed E-state index contributed by atoms with van der Waals surface area (Å²) in [5, 5.41) is 10.7. The summed E-state index contributed by atoms with van der Waals surface area (Å²) in [5.41, 5.74) is 1.37. The molecule has 2 aromatic heterocycles. The molecule has 0 amide bonds. The SMILES string of the molecule is COc1ccc(Sc2oc(-c3cccc(F)c3)nc2-c2ccc(C(C)(C)O)nc2)cc1. The number of halogens is 1. The molecule has 0 atom stereocenters. The van der Waals surface area contributed by atoms with Crippen molar-refractivity contribution in [3.05, 3.63) is 78.4 Å². The summed E-state index contributed by atoms with van der Waals surface area (Å²) in [4.78, 5) is 9.94. The molecule has 4 aromatic rings. The van der Waals surface area contributed by atoms with Crippen molar-refractivity contribution >= 4 is 11.8 Å². The molecular formula is C24H21FN2O3S. The number of methoxy groups -OCH3 is 1. The number of rotatable bonds is 6. The van der Waals surface area contributed by atoms with Crippen molar-refractivity contribution in [1.29, 1.82) is 0 Å². The topological polar surface area (TPSA) is 68.4 Å². The highest BCUT2D eigenvalue weighted by Crippen LogP contribution is 2.39. The average molecular weight is 437 g/mol. The summed E-state index contributed by atoms with van der Waals surface area (Å²) in [5.74, 6) is 0.712. The van der Waals surface area contributed by atoms with Gasteiger partial charge in [-0.3, -0.25) is 4.98 Å². The van der Waals surface area contributed by atoms with Gasteiger partial charge in [-0.25, -0.2) is 9.37 Å². The molecule has 0 fully saturated rings. The summed E-state index contributed by atoms with van der Waals surface area (Å²) in [6.45, 7) is 3.36. The number of hydrogen-bond acceptors (Lipinski definition) is 6. The maximum atomic E-state index is 13.7. The predicted molar refractivity (Wildman–Crippen MR) is 117 cm³/mol. The van der Waals surface area contributed by atoms with Crippen molar-refractivity contribution in [2.24, 2.45) is 0 Å². The van der Waals surface area contributed by atoms with Crippen molar-refractivity contribution in [1.82, 2.24) is 9.97 Å². The Labute approximate surface area is 183 Å². The van der Waals surface area contributed by atoms with Crippen molar-refractivity contribution in [3.8, 4) is 28.5 Å². The van der Waals surface area contributed by atoms with Crippen LogP contribution in [0.1, 0.15) is 19.5 Å². The number of ether oxygens (including phenoxy) is 1. The third-order valence-corrected chi connectivity index (χ3v) is 5.57. The van der Waals surface area contributed by atoms with Crippen LogP contribution in [-0.4, -0.2) is 22.2 Å². The standard InChI is InChI=1S/C24H21FN2O3S/c1-24(2,28)20-12-7-16(14-26-20)21-23(31-19-10-8-18(29-3)9-11-19)30-22(27-21)15-5-4-6-17(25)13-15/h4-14,28H,1-3H3. The molecule has 4 rings (SSSR count). The van der Waals surface area contributed by atoms with Crippen LogP contribution in [0, 0.1) is 5.82 Å². The highest BCUT2D eigenvalue weighted by molar-refractivity contribution is 7.99. The van der Waals surface area contributed by atoms with Gasteiger partial charge < -0.3 is 14.3 Å². The van der Waals surface area contributed by atoms with E-state index < -0.39 is 5.60 Å². The first-order valence-electron chi connectivity index (χ1n) is 9.61. The molecule has 2 aromatic carbocycles. The molecule has 0 spiro atoms. The minimum absolute atomic E-state index is 0.317. The van der Waals surface area contributed by atoms with Crippen LogP contribution in [0.5, 0.6) is 5.75 Å². The number of pyridine rings is 1. The lowest BCUT2D eigenvalue weighted by atomic mass is 10.0. The molecule has 158 valence electrons. The molecule has 2 heterocycles. The van der Waals surface area contributed by atoms with Crippen LogP contribution in [0.25, 0.3) is 22.7 Å².